The second kappa shape index (κ2) is 38.9. The van der Waals surface area contributed by atoms with Crippen molar-refractivity contribution in [1.29, 1.82) is 0 Å². The molecule has 0 aromatic rings. The molecule has 12 N–H and O–H groups in total. The topological polar surface area (TPSA) is 307 Å². The number of carbonyl (C=O) groups is 1. The summed E-state index contributed by atoms with van der Waals surface area (Å²) in [5.41, 5.74) is 0. The molecular formula is C55H95NO18. The van der Waals surface area contributed by atoms with Crippen LogP contribution in [0.2, 0.25) is 0 Å². The molecule has 74 heavy (non-hydrogen) atoms. The molecule has 3 heterocycles. The number of nitrogens with one attached hydrogen (secondary N) is 1. The van der Waals surface area contributed by atoms with Gasteiger partial charge in [-0.1, -0.05) is 139 Å². The summed E-state index contributed by atoms with van der Waals surface area (Å²) in [6.07, 6.45) is 15.0. The quantitative estimate of drug-likeness (QED) is 0.0312. The van der Waals surface area contributed by atoms with E-state index in [0.717, 1.165) is 83.5 Å². The van der Waals surface area contributed by atoms with Crippen molar-refractivity contribution in [3.63, 3.8) is 0 Å². The summed E-state index contributed by atoms with van der Waals surface area (Å²) >= 11 is 0. The van der Waals surface area contributed by atoms with Gasteiger partial charge in [-0.15, -0.1) is 0 Å². The van der Waals surface area contributed by atoms with Crippen LogP contribution in [0.5, 0.6) is 0 Å². The van der Waals surface area contributed by atoms with Gasteiger partial charge in [0.1, 0.15) is 73.2 Å². The van der Waals surface area contributed by atoms with E-state index in [0.29, 0.717) is 12.8 Å². The molecule has 0 bridgehead atoms. The Hall–Kier alpha value is -2.51. The third-order valence-corrected chi connectivity index (χ3v) is 13.5. The molecule has 17 atom stereocenters. The highest BCUT2D eigenvalue weighted by Gasteiger charge is 2.53. The fraction of sp³-hybridized carbons (Fsp3) is 0.800. The predicted molar refractivity (Wildman–Crippen MR) is 277 cm³/mol. The lowest BCUT2D eigenvalue weighted by molar-refractivity contribution is -0.379. The Labute approximate surface area is 439 Å². The van der Waals surface area contributed by atoms with Crippen molar-refractivity contribution in [3.05, 3.63) is 60.8 Å². The molecule has 428 valence electrons. The summed E-state index contributed by atoms with van der Waals surface area (Å²) in [7, 11) is 0. The molecule has 3 aliphatic heterocycles. The zero-order chi connectivity index (χ0) is 54.1. The normalized spacial score (nSPS) is 31.9. The minimum absolute atomic E-state index is 0.221. The van der Waals surface area contributed by atoms with E-state index in [2.05, 4.69) is 67.8 Å². The van der Waals surface area contributed by atoms with Crippen molar-refractivity contribution >= 4 is 5.91 Å². The van der Waals surface area contributed by atoms with Crippen LogP contribution in [0.15, 0.2) is 60.8 Å². The van der Waals surface area contributed by atoms with Crippen LogP contribution in [0, 0.1) is 0 Å². The van der Waals surface area contributed by atoms with Crippen LogP contribution in [-0.2, 0) is 33.2 Å². The minimum Gasteiger partial charge on any atom is -0.394 e. The van der Waals surface area contributed by atoms with Crippen LogP contribution in [0.4, 0.5) is 0 Å². The molecule has 17 unspecified atom stereocenters. The molecule has 0 radical (unpaired) electrons. The lowest BCUT2D eigenvalue weighted by Crippen LogP contribution is -2.66. The summed E-state index contributed by atoms with van der Waals surface area (Å²) in [6.45, 7) is 1.52. The Morgan fingerprint density at radius 3 is 1.51 bits per heavy atom. The molecule has 0 saturated carbocycles. The first kappa shape index (κ1) is 65.8. The highest BCUT2D eigenvalue weighted by atomic mass is 16.8. The lowest BCUT2D eigenvalue weighted by atomic mass is 9.96. The average Bonchev–Trinajstić information content (AvgIpc) is 3.40. The van der Waals surface area contributed by atoms with E-state index in [1.807, 2.05) is 6.08 Å². The second-order valence-electron chi connectivity index (χ2n) is 19.7. The summed E-state index contributed by atoms with van der Waals surface area (Å²) in [5.74, 6) is -0.301. The average molecular weight is 1060 g/mol. The van der Waals surface area contributed by atoms with Gasteiger partial charge in [-0.2, -0.15) is 0 Å². The number of hydrogen-bond acceptors (Lipinski definition) is 18. The van der Waals surface area contributed by atoms with Gasteiger partial charge in [-0.3, -0.25) is 4.79 Å². The monoisotopic (exact) mass is 1060 g/mol. The van der Waals surface area contributed by atoms with Crippen LogP contribution < -0.4 is 5.32 Å². The van der Waals surface area contributed by atoms with E-state index in [-0.39, 0.29) is 18.9 Å². The molecule has 3 saturated heterocycles. The van der Waals surface area contributed by atoms with Gasteiger partial charge in [0.2, 0.25) is 5.91 Å². The Kier molecular flexibility index (Phi) is 34.6. The Morgan fingerprint density at radius 2 is 0.946 bits per heavy atom. The largest absolute Gasteiger partial charge is 0.394 e. The number of hydrogen-bond donors (Lipinski definition) is 12. The highest BCUT2D eigenvalue weighted by Crippen LogP contribution is 2.33. The Balaban J connectivity index is 1.54. The van der Waals surface area contributed by atoms with Crippen LogP contribution in [0.3, 0.4) is 0 Å². The van der Waals surface area contributed by atoms with Crippen molar-refractivity contribution in [1.82, 2.24) is 5.32 Å². The third kappa shape index (κ3) is 23.6. The zero-order valence-corrected chi connectivity index (χ0v) is 44.0. The summed E-state index contributed by atoms with van der Waals surface area (Å²) < 4.78 is 34.1. The summed E-state index contributed by atoms with van der Waals surface area (Å²) in [5, 5.41) is 120. The van der Waals surface area contributed by atoms with E-state index >= 15 is 0 Å². The van der Waals surface area contributed by atoms with Gasteiger partial charge < -0.3 is 89.9 Å². The van der Waals surface area contributed by atoms with Crippen LogP contribution in [0.25, 0.3) is 0 Å². The zero-order valence-electron chi connectivity index (χ0n) is 44.0. The molecule has 1 amide bonds. The van der Waals surface area contributed by atoms with Gasteiger partial charge >= 0.3 is 0 Å². The van der Waals surface area contributed by atoms with Gasteiger partial charge in [0, 0.05) is 6.42 Å². The first-order chi connectivity index (χ1) is 35.8. The number of amides is 1. The van der Waals surface area contributed by atoms with Crippen molar-refractivity contribution in [3.8, 4) is 0 Å². The molecule has 3 aliphatic rings. The SMILES string of the molecule is CC/C=C\C/C=C\C/C=C\CCCCCCCCCC(=O)NC(COC1OC(CO)C(OC2OC(CO)C(OC3OC(CO)C(O)C(O)C3O)C(O)C2O)C(O)C1O)C(O)/C=C/CC/C=C/CCCCCCCC. The van der Waals surface area contributed by atoms with E-state index < -0.39 is 124 Å². The molecule has 0 spiro atoms. The number of rotatable bonds is 38. The molecule has 0 aromatic carbocycles. The smallest absolute Gasteiger partial charge is 0.220 e. The lowest BCUT2D eigenvalue weighted by Gasteiger charge is -2.48. The van der Waals surface area contributed by atoms with Crippen LogP contribution in [-0.4, -0.2) is 193 Å². The van der Waals surface area contributed by atoms with Gasteiger partial charge in [0.25, 0.3) is 0 Å². The number of unbranched alkanes of at least 4 members (excludes halogenated alkanes) is 14. The van der Waals surface area contributed by atoms with Crippen LogP contribution in [0.1, 0.15) is 149 Å². The van der Waals surface area contributed by atoms with E-state index in [1.54, 1.807) is 6.08 Å². The van der Waals surface area contributed by atoms with Gasteiger partial charge in [0.15, 0.2) is 18.9 Å². The third-order valence-electron chi connectivity index (χ3n) is 13.5. The van der Waals surface area contributed by atoms with E-state index in [1.165, 1.54) is 32.1 Å². The van der Waals surface area contributed by atoms with Crippen molar-refractivity contribution in [2.45, 2.75) is 253 Å². The molecule has 0 aliphatic carbocycles. The first-order valence-corrected chi connectivity index (χ1v) is 27.5. The number of carbonyl (C=O) groups excluding carboxylic acids is 1. The first-order valence-electron chi connectivity index (χ1n) is 27.5. The van der Waals surface area contributed by atoms with Crippen molar-refractivity contribution < 1.29 is 89.4 Å². The minimum atomic E-state index is -1.98. The van der Waals surface area contributed by atoms with Gasteiger partial charge in [-0.05, 0) is 64.2 Å². The maximum Gasteiger partial charge on any atom is 0.220 e. The molecule has 3 fully saturated rings. The molecular weight excluding hydrogens is 963 g/mol. The molecule has 19 nitrogen and oxygen atoms in total. The van der Waals surface area contributed by atoms with E-state index in [9.17, 15) is 61.0 Å². The molecule has 3 rings (SSSR count). The maximum atomic E-state index is 13.3. The molecule has 0 aromatic heterocycles. The van der Waals surface area contributed by atoms with Gasteiger partial charge in [-0.25, -0.2) is 0 Å². The van der Waals surface area contributed by atoms with E-state index in [4.69, 9.17) is 28.4 Å². The predicted octanol–water partition coefficient (Wildman–Crippen LogP) is 3.31. The molecule has 19 heteroatoms. The fourth-order valence-electron chi connectivity index (χ4n) is 8.98. The number of allylic oxidation sites excluding steroid dienone is 9. The van der Waals surface area contributed by atoms with Crippen LogP contribution >= 0.6 is 0 Å². The summed E-state index contributed by atoms with van der Waals surface area (Å²) in [6, 6.07) is -0.995. The summed E-state index contributed by atoms with van der Waals surface area (Å²) in [4.78, 5) is 13.3. The Bertz CT molecular complexity index is 1590. The second-order valence-corrected chi connectivity index (χ2v) is 19.7. The number of aliphatic hydroxyl groups is 11. The van der Waals surface area contributed by atoms with Crippen molar-refractivity contribution in [2.75, 3.05) is 26.4 Å². The standard InChI is InChI=1S/C55H95NO18/c1-3-5-7-9-11-13-15-17-18-19-20-21-23-25-27-29-31-33-43(61)56-38(39(60)32-30-28-26-24-22-16-14-12-10-8-6-4-2)37-69-53-49(67)46(64)51(41(35-58)71-53)74-55-50(68)47(65)52(42(36-59)72-55)73-54-48(66)45(63)44(62)40(34-57)70-54/h5,7,11,13,17-18,22,24,30,32,38-42,44-55,57-60,62-68H,3-4,6,8-10,12,14-16,19-21,23,25-29,31,33-37H2,1-2H3,(H,56,61)/b7-5-,13-11-,18-17-,24-22+,32-30+. The fourth-order valence-corrected chi connectivity index (χ4v) is 8.98. The number of ether oxygens (including phenoxy) is 6. The van der Waals surface area contributed by atoms with Gasteiger partial charge in [0.05, 0.1) is 38.6 Å². The van der Waals surface area contributed by atoms with Crippen molar-refractivity contribution in [2.24, 2.45) is 0 Å². The maximum absolute atomic E-state index is 13.3. The number of aliphatic hydroxyl groups excluding tert-OH is 11. The highest BCUT2D eigenvalue weighted by molar-refractivity contribution is 5.76. The Morgan fingerprint density at radius 1 is 0.500 bits per heavy atom.